The summed E-state index contributed by atoms with van der Waals surface area (Å²) < 4.78 is 20.9. The molecule has 0 amide bonds. The Kier molecular flexibility index (Phi) is 5.72. The number of carbonyl (C=O) groups excluding carboxylic acids is 3. The first-order chi connectivity index (χ1) is 13.0. The number of nitrogens with one attached hydrogen (secondary N) is 1. The topological polar surface area (TPSA) is 100 Å². The summed E-state index contributed by atoms with van der Waals surface area (Å²) in [6.07, 6.45) is 5.14. The van der Waals surface area contributed by atoms with E-state index < -0.39 is 23.8 Å². The third-order valence-electron chi connectivity index (χ3n) is 5.13. The van der Waals surface area contributed by atoms with Crippen molar-refractivity contribution in [1.82, 2.24) is 5.32 Å². The fourth-order valence-corrected chi connectivity index (χ4v) is 3.82. The van der Waals surface area contributed by atoms with Crippen molar-refractivity contribution in [2.75, 3.05) is 14.2 Å². The fourth-order valence-electron chi connectivity index (χ4n) is 3.82. The minimum absolute atomic E-state index is 0.00884. The highest BCUT2D eigenvalue weighted by Gasteiger charge is 2.47. The summed E-state index contributed by atoms with van der Waals surface area (Å²) in [7, 11) is 2.42. The molecule has 1 fully saturated rings. The molecule has 0 aromatic carbocycles. The monoisotopic (exact) mass is 379 g/mol. The van der Waals surface area contributed by atoms with Gasteiger partial charge in [-0.2, -0.15) is 0 Å². The Hall–Kier alpha value is -2.51. The average Bonchev–Trinajstić information content (AvgIpc) is 2.66. The molecule has 1 aliphatic carbocycles. The van der Waals surface area contributed by atoms with Crippen molar-refractivity contribution in [2.45, 2.75) is 57.6 Å². The maximum atomic E-state index is 12.5. The van der Waals surface area contributed by atoms with Crippen molar-refractivity contribution in [3.63, 3.8) is 0 Å². The molecule has 0 saturated heterocycles. The van der Waals surface area contributed by atoms with Gasteiger partial charge in [0.15, 0.2) is 0 Å². The minimum Gasteiger partial charge on any atom is -0.468 e. The van der Waals surface area contributed by atoms with E-state index in [0.717, 1.165) is 25.7 Å². The zero-order valence-electron chi connectivity index (χ0n) is 15.8. The second kappa shape index (κ2) is 8.02. The summed E-state index contributed by atoms with van der Waals surface area (Å²) in [6, 6.07) is 0.127. The summed E-state index contributed by atoms with van der Waals surface area (Å²) in [5, 5.41) is 3.26. The van der Waals surface area contributed by atoms with Gasteiger partial charge in [0.2, 0.25) is 5.88 Å². The smallest absolute Gasteiger partial charge is 0.340 e. The molecule has 1 N–H and O–H groups in total. The van der Waals surface area contributed by atoms with Crippen LogP contribution in [0.25, 0.3) is 0 Å². The molecule has 0 spiro atoms. The Balaban J connectivity index is 2.04. The second-order valence-corrected chi connectivity index (χ2v) is 7.03. The number of esters is 3. The molecule has 2 aliphatic heterocycles. The zero-order chi connectivity index (χ0) is 19.6. The Bertz CT molecular complexity index is 703. The van der Waals surface area contributed by atoms with Gasteiger partial charge in [-0.3, -0.25) is 4.79 Å². The summed E-state index contributed by atoms with van der Waals surface area (Å²) in [5.41, 5.74) is -0.0466. The van der Waals surface area contributed by atoms with Gasteiger partial charge in [-0.25, -0.2) is 9.59 Å². The van der Waals surface area contributed by atoms with E-state index in [1.807, 2.05) is 0 Å². The number of hydrogen-bond acceptors (Lipinski definition) is 8. The van der Waals surface area contributed by atoms with Crippen LogP contribution < -0.4 is 5.32 Å². The number of cyclic esters (lactones) is 1. The number of hydrogen-bond donors (Lipinski definition) is 1. The summed E-state index contributed by atoms with van der Waals surface area (Å²) in [6.45, 7) is 1.74. The maximum Gasteiger partial charge on any atom is 0.340 e. The highest BCUT2D eigenvalue weighted by molar-refractivity contribution is 6.05. The van der Waals surface area contributed by atoms with Crippen LogP contribution in [0.5, 0.6) is 0 Å². The third kappa shape index (κ3) is 3.79. The quantitative estimate of drug-likeness (QED) is 0.582. The first-order valence-electron chi connectivity index (χ1n) is 9.25. The first-order valence-corrected chi connectivity index (χ1v) is 9.25. The van der Waals surface area contributed by atoms with Gasteiger partial charge in [-0.05, 0) is 19.8 Å². The number of ether oxygens (including phenoxy) is 4. The van der Waals surface area contributed by atoms with Crippen molar-refractivity contribution in [3.8, 4) is 0 Å². The summed E-state index contributed by atoms with van der Waals surface area (Å²) in [4.78, 5) is 37.5. The zero-order valence-corrected chi connectivity index (χ0v) is 15.8. The van der Waals surface area contributed by atoms with Gasteiger partial charge in [0.25, 0.3) is 0 Å². The van der Waals surface area contributed by atoms with Crippen molar-refractivity contribution >= 4 is 17.9 Å². The minimum atomic E-state index is -1.24. The molecule has 8 nitrogen and oxygen atoms in total. The molecule has 8 heteroatoms. The molecule has 3 rings (SSSR count). The van der Waals surface area contributed by atoms with E-state index in [2.05, 4.69) is 5.32 Å². The first kappa shape index (κ1) is 19.3. The van der Waals surface area contributed by atoms with Crippen LogP contribution in [0.4, 0.5) is 0 Å². The molecule has 1 saturated carbocycles. The fraction of sp³-hybridized carbons (Fsp3) is 0.632. The molecule has 0 aromatic heterocycles. The third-order valence-corrected chi connectivity index (χ3v) is 5.13. The van der Waals surface area contributed by atoms with Crippen LogP contribution in [0.1, 0.15) is 45.4 Å². The van der Waals surface area contributed by atoms with E-state index >= 15 is 0 Å². The van der Waals surface area contributed by atoms with Gasteiger partial charge in [0, 0.05) is 12.5 Å². The largest absolute Gasteiger partial charge is 0.468 e. The van der Waals surface area contributed by atoms with Gasteiger partial charge >= 0.3 is 17.9 Å². The Morgan fingerprint density at radius 2 is 1.81 bits per heavy atom. The van der Waals surface area contributed by atoms with Crippen LogP contribution in [0.2, 0.25) is 0 Å². The second-order valence-electron chi connectivity index (χ2n) is 7.03. The van der Waals surface area contributed by atoms with Gasteiger partial charge in [-0.15, -0.1) is 0 Å². The summed E-state index contributed by atoms with van der Waals surface area (Å²) >= 11 is 0. The molecule has 2 atom stereocenters. The van der Waals surface area contributed by atoms with E-state index in [4.69, 9.17) is 18.9 Å². The standard InChI is InChI=1S/C19H25NO7/c1-10-9-12-13(19(23)26-10)14(17(21)24-2)15(18(22)25-3)16(27-12)20-11-7-5-4-6-8-11/h10-11,14,20H,4-9H2,1-3H3. The Morgan fingerprint density at radius 3 is 2.44 bits per heavy atom. The van der Waals surface area contributed by atoms with Gasteiger partial charge in [0.1, 0.15) is 23.4 Å². The maximum absolute atomic E-state index is 12.5. The molecule has 0 bridgehead atoms. The average molecular weight is 379 g/mol. The predicted molar refractivity (Wildman–Crippen MR) is 92.8 cm³/mol. The van der Waals surface area contributed by atoms with Crippen LogP contribution in [0, 0.1) is 5.92 Å². The molecular formula is C19H25NO7. The van der Waals surface area contributed by atoms with Crippen LogP contribution in [0.15, 0.2) is 22.8 Å². The van der Waals surface area contributed by atoms with Gasteiger partial charge in [0.05, 0.1) is 19.8 Å². The van der Waals surface area contributed by atoms with Gasteiger partial charge < -0.3 is 24.3 Å². The van der Waals surface area contributed by atoms with Crippen molar-refractivity contribution in [1.29, 1.82) is 0 Å². The van der Waals surface area contributed by atoms with Crippen LogP contribution in [0.3, 0.4) is 0 Å². The van der Waals surface area contributed by atoms with Gasteiger partial charge in [-0.1, -0.05) is 19.3 Å². The lowest BCUT2D eigenvalue weighted by Gasteiger charge is -2.35. The predicted octanol–water partition coefficient (Wildman–Crippen LogP) is 1.70. The Morgan fingerprint density at radius 1 is 1.11 bits per heavy atom. The van der Waals surface area contributed by atoms with E-state index in [-0.39, 0.29) is 29.2 Å². The normalized spacial score (nSPS) is 26.0. The van der Waals surface area contributed by atoms with E-state index in [9.17, 15) is 14.4 Å². The molecule has 0 aromatic rings. The molecule has 3 aliphatic rings. The van der Waals surface area contributed by atoms with Crippen molar-refractivity contribution in [3.05, 3.63) is 22.8 Å². The molecule has 2 unspecified atom stereocenters. The van der Waals surface area contributed by atoms with Crippen LogP contribution >= 0.6 is 0 Å². The number of rotatable bonds is 4. The van der Waals surface area contributed by atoms with Crippen LogP contribution in [-0.4, -0.2) is 44.3 Å². The summed E-state index contributed by atoms with van der Waals surface area (Å²) in [5.74, 6) is -2.90. The molecule has 2 heterocycles. The van der Waals surface area contributed by atoms with Crippen molar-refractivity contribution in [2.24, 2.45) is 5.92 Å². The number of carbonyl (C=O) groups is 3. The lowest BCUT2D eigenvalue weighted by molar-refractivity contribution is -0.153. The van der Waals surface area contributed by atoms with E-state index in [1.54, 1.807) is 6.92 Å². The number of methoxy groups -OCH3 is 2. The van der Waals surface area contributed by atoms with E-state index in [1.165, 1.54) is 20.6 Å². The lowest BCUT2D eigenvalue weighted by Crippen LogP contribution is -2.42. The van der Waals surface area contributed by atoms with Crippen molar-refractivity contribution < 1.29 is 33.3 Å². The van der Waals surface area contributed by atoms with E-state index in [0.29, 0.717) is 12.2 Å². The molecule has 27 heavy (non-hydrogen) atoms. The molecular weight excluding hydrogens is 354 g/mol. The molecule has 0 radical (unpaired) electrons. The van der Waals surface area contributed by atoms with Crippen LogP contribution in [-0.2, 0) is 33.3 Å². The highest BCUT2D eigenvalue weighted by atomic mass is 16.6. The Labute approximate surface area is 157 Å². The SMILES string of the molecule is COC(=O)C1=C(NC2CCCCC2)OC2=C(C(=O)OC(C)C2)C1C(=O)OC. The molecule has 148 valence electrons. The lowest BCUT2D eigenvalue weighted by atomic mass is 9.85. The highest BCUT2D eigenvalue weighted by Crippen LogP contribution is 2.39.